The number of carbonyl (C=O) groups excluding carboxylic acids is 2. The van der Waals surface area contributed by atoms with E-state index in [1.54, 1.807) is 6.08 Å². The summed E-state index contributed by atoms with van der Waals surface area (Å²) in [4.78, 5) is 31.9. The number of amides is 1. The summed E-state index contributed by atoms with van der Waals surface area (Å²) in [6.45, 7) is 0.446. The van der Waals surface area contributed by atoms with Gasteiger partial charge in [0.25, 0.3) is 0 Å². The first-order valence-corrected chi connectivity index (χ1v) is 11.9. The zero-order chi connectivity index (χ0) is 20.5. The number of alkyl halides is 1. The van der Waals surface area contributed by atoms with Crippen LogP contribution in [-0.2, 0) is 9.59 Å². The average Bonchev–Trinajstić information content (AvgIpc) is 3.31. The quantitative estimate of drug-likeness (QED) is 0.596. The van der Waals surface area contributed by atoms with Crippen molar-refractivity contribution in [1.82, 2.24) is 9.88 Å². The summed E-state index contributed by atoms with van der Waals surface area (Å²) in [7, 11) is 0. The molecule has 5 nitrogen and oxygen atoms in total. The van der Waals surface area contributed by atoms with Crippen molar-refractivity contribution in [3.05, 3.63) is 33.4 Å². The van der Waals surface area contributed by atoms with Crippen molar-refractivity contribution in [3.8, 4) is 0 Å². The molecule has 2 aliphatic carbocycles. The van der Waals surface area contributed by atoms with Gasteiger partial charge in [-0.25, -0.2) is 4.98 Å². The molecule has 156 valence electrons. The second-order valence-corrected chi connectivity index (χ2v) is 10.4. The van der Waals surface area contributed by atoms with Gasteiger partial charge in [-0.1, -0.05) is 66.6 Å². The van der Waals surface area contributed by atoms with E-state index in [1.165, 1.54) is 36.8 Å². The number of nitrogens with zero attached hydrogens (tertiary/aromatic N) is 2. The molecule has 0 aromatic carbocycles. The van der Waals surface area contributed by atoms with Crippen LogP contribution in [0.5, 0.6) is 0 Å². The Morgan fingerprint density at radius 2 is 2.07 bits per heavy atom. The maximum atomic E-state index is 13.2. The number of halogens is 3. The van der Waals surface area contributed by atoms with Crippen LogP contribution in [0.1, 0.15) is 38.5 Å². The van der Waals surface area contributed by atoms with E-state index >= 15 is 0 Å². The highest BCUT2D eigenvalue weighted by Gasteiger charge is 2.41. The number of ketones is 1. The second-order valence-electron chi connectivity index (χ2n) is 7.89. The molecule has 29 heavy (non-hydrogen) atoms. The van der Waals surface area contributed by atoms with E-state index < -0.39 is 5.38 Å². The third kappa shape index (κ3) is 4.66. The number of aromatic nitrogens is 1. The van der Waals surface area contributed by atoms with Gasteiger partial charge in [0.1, 0.15) is 15.8 Å². The molecule has 9 heteroatoms. The third-order valence-electron chi connectivity index (χ3n) is 5.94. The minimum Gasteiger partial charge on any atom is -0.364 e. The average molecular weight is 475 g/mol. The summed E-state index contributed by atoms with van der Waals surface area (Å²) in [5, 5.41) is 2.92. The largest absolute Gasteiger partial charge is 0.364 e. The van der Waals surface area contributed by atoms with Crippen LogP contribution in [0.25, 0.3) is 0 Å². The van der Waals surface area contributed by atoms with Gasteiger partial charge in [0.05, 0.1) is 12.1 Å². The number of thiazole rings is 1. The lowest BCUT2D eigenvalue weighted by atomic mass is 9.84. The first-order chi connectivity index (χ1) is 13.9. The molecule has 2 heterocycles. The van der Waals surface area contributed by atoms with Crippen molar-refractivity contribution < 1.29 is 9.59 Å². The molecule has 0 spiro atoms. The number of rotatable bonds is 5. The smallest absolute Gasteiger partial charge is 0.248 e. The van der Waals surface area contributed by atoms with Crippen LogP contribution in [0.2, 0.25) is 4.34 Å². The summed E-state index contributed by atoms with van der Waals surface area (Å²) < 4.78 is 0.525. The van der Waals surface area contributed by atoms with E-state index in [0.717, 1.165) is 24.8 Å². The molecule has 4 rings (SSSR count). The van der Waals surface area contributed by atoms with E-state index in [-0.39, 0.29) is 23.7 Å². The van der Waals surface area contributed by atoms with E-state index in [2.05, 4.69) is 10.3 Å². The minimum atomic E-state index is -0.804. The predicted molar refractivity (Wildman–Crippen MR) is 118 cm³/mol. The van der Waals surface area contributed by atoms with Gasteiger partial charge in [0, 0.05) is 17.8 Å². The predicted octanol–water partition coefficient (Wildman–Crippen LogP) is 5.20. The zero-order valence-corrected chi connectivity index (χ0v) is 18.8. The van der Waals surface area contributed by atoms with Crippen molar-refractivity contribution in [2.45, 2.75) is 49.9 Å². The SMILES string of the molecule is O=C(Nc1ncc(Cl)s1)C(CC1CCCCC1)N1C=C2C=C(Cl)[C@@H](Cl)C(=O)C2C1. The Balaban J connectivity index is 1.55. The normalized spacial score (nSPS) is 26.0. The number of hydrogen-bond acceptors (Lipinski definition) is 5. The van der Waals surface area contributed by atoms with E-state index in [4.69, 9.17) is 34.8 Å². The molecule has 0 saturated heterocycles. The molecule has 1 fully saturated rings. The molecule has 1 aliphatic heterocycles. The molecule has 1 aromatic rings. The van der Waals surface area contributed by atoms with Crippen LogP contribution in [0.4, 0.5) is 5.13 Å². The number of nitrogens with one attached hydrogen (secondary N) is 1. The van der Waals surface area contributed by atoms with Crippen molar-refractivity contribution in [3.63, 3.8) is 0 Å². The molecule has 1 amide bonds. The lowest BCUT2D eigenvalue weighted by Gasteiger charge is -2.32. The zero-order valence-electron chi connectivity index (χ0n) is 15.7. The van der Waals surface area contributed by atoms with Crippen LogP contribution in [0.3, 0.4) is 0 Å². The van der Waals surface area contributed by atoms with Crippen molar-refractivity contribution in [2.75, 3.05) is 11.9 Å². The summed E-state index contributed by atoms with van der Waals surface area (Å²) in [5.41, 5.74) is 0.829. The summed E-state index contributed by atoms with van der Waals surface area (Å²) >= 11 is 19.5. The van der Waals surface area contributed by atoms with E-state index in [9.17, 15) is 9.59 Å². The lowest BCUT2D eigenvalue weighted by molar-refractivity contribution is -0.123. The Kier molecular flexibility index (Phi) is 6.54. The number of Topliss-reactive ketones (excluding diaryl/α,β-unsaturated/α-hetero) is 1. The maximum absolute atomic E-state index is 13.2. The van der Waals surface area contributed by atoms with Gasteiger partial charge < -0.3 is 10.2 Å². The van der Waals surface area contributed by atoms with Gasteiger partial charge in [-0.15, -0.1) is 11.6 Å². The number of allylic oxidation sites excluding steroid dienone is 2. The molecular formula is C20H22Cl3N3O2S. The third-order valence-corrected chi connectivity index (χ3v) is 7.86. The maximum Gasteiger partial charge on any atom is 0.248 e. The van der Waals surface area contributed by atoms with Gasteiger partial charge in [-0.05, 0) is 24.0 Å². The Bertz CT molecular complexity index is 863. The first-order valence-electron chi connectivity index (χ1n) is 9.87. The molecule has 2 unspecified atom stereocenters. The van der Waals surface area contributed by atoms with Gasteiger partial charge >= 0.3 is 0 Å². The number of hydrogen-bond donors (Lipinski definition) is 1. The lowest BCUT2D eigenvalue weighted by Crippen LogP contribution is -2.44. The summed E-state index contributed by atoms with van der Waals surface area (Å²) in [5.74, 6) is -0.0644. The fourth-order valence-electron chi connectivity index (χ4n) is 4.44. The van der Waals surface area contributed by atoms with Gasteiger partial charge in [0.2, 0.25) is 5.91 Å². The van der Waals surface area contributed by atoms with Crippen LogP contribution in [-0.4, -0.2) is 39.5 Å². The number of carbonyl (C=O) groups is 2. The van der Waals surface area contributed by atoms with Crippen molar-refractivity contribution >= 4 is 63.0 Å². The van der Waals surface area contributed by atoms with Gasteiger partial charge in [-0.2, -0.15) is 0 Å². The van der Waals surface area contributed by atoms with E-state index in [0.29, 0.717) is 27.0 Å². The molecule has 0 radical (unpaired) electrons. The Morgan fingerprint density at radius 3 is 2.76 bits per heavy atom. The monoisotopic (exact) mass is 473 g/mol. The van der Waals surface area contributed by atoms with Gasteiger partial charge in [-0.3, -0.25) is 9.59 Å². The molecule has 1 aromatic heterocycles. The van der Waals surface area contributed by atoms with Crippen molar-refractivity contribution in [1.29, 1.82) is 0 Å². The minimum absolute atomic E-state index is 0.101. The van der Waals surface area contributed by atoms with E-state index in [1.807, 2.05) is 11.1 Å². The Labute approximate surface area is 189 Å². The van der Waals surface area contributed by atoms with Crippen molar-refractivity contribution in [2.24, 2.45) is 11.8 Å². The first kappa shape index (κ1) is 21.2. The molecule has 3 atom stereocenters. The van der Waals surface area contributed by atoms with Crippen LogP contribution < -0.4 is 5.32 Å². The standard InChI is InChI=1S/C20H22Cl3N3O2S/c21-14-7-12-9-26(10-13(12)18(27)17(14)23)15(6-11-4-2-1-3-5-11)19(28)25-20-24-8-16(22)29-20/h7-9,11,13,15,17H,1-6,10H2,(H,24,25,28)/t13?,15?,17-/m1/s1. The van der Waals surface area contributed by atoms with Gasteiger partial charge in [0.15, 0.2) is 10.9 Å². The molecule has 1 saturated carbocycles. The second kappa shape index (κ2) is 8.96. The fourth-order valence-corrected chi connectivity index (χ4v) is 5.70. The molecule has 3 aliphatic rings. The summed E-state index contributed by atoms with van der Waals surface area (Å²) in [6, 6.07) is -0.382. The van der Waals surface area contributed by atoms with Crippen LogP contribution in [0, 0.1) is 11.8 Å². The summed E-state index contributed by atoms with van der Waals surface area (Å²) in [6.07, 6.45) is 11.9. The molecular weight excluding hydrogens is 453 g/mol. The molecule has 0 bridgehead atoms. The highest BCUT2D eigenvalue weighted by Crippen LogP contribution is 2.38. The highest BCUT2D eigenvalue weighted by atomic mass is 35.5. The highest BCUT2D eigenvalue weighted by molar-refractivity contribution is 7.19. The van der Waals surface area contributed by atoms with Crippen LogP contribution >= 0.6 is 46.1 Å². The van der Waals surface area contributed by atoms with Crippen LogP contribution in [0.15, 0.2) is 29.1 Å². The Morgan fingerprint density at radius 1 is 1.31 bits per heavy atom. The number of fused-ring (bicyclic) bond motifs is 1. The topological polar surface area (TPSA) is 62.3 Å². The molecule has 1 N–H and O–H groups in total. The Hall–Kier alpha value is -1.08. The fraction of sp³-hybridized carbons (Fsp3) is 0.550. The number of anilines is 1.